The molecule has 2 aromatic heterocycles. The molecule has 3 aromatic rings. The molecule has 1 saturated heterocycles. The zero-order chi connectivity index (χ0) is 21.4. The zero-order valence-electron chi connectivity index (χ0n) is 18.9. The van der Waals surface area contributed by atoms with Gasteiger partial charge in [-0.25, -0.2) is 4.98 Å². The largest absolute Gasteiger partial charge is 0.493 e. The average molecular weight is 409 g/mol. The molecule has 6 nitrogen and oxygen atoms in total. The normalized spacial score (nSPS) is 19.3. The van der Waals surface area contributed by atoms with Crippen molar-refractivity contribution in [3.63, 3.8) is 0 Å². The van der Waals surface area contributed by atoms with Crippen LogP contribution in [0.1, 0.15) is 38.4 Å². The first-order valence-electron chi connectivity index (χ1n) is 10.8. The summed E-state index contributed by atoms with van der Waals surface area (Å²) in [4.78, 5) is 7.40. The van der Waals surface area contributed by atoms with Gasteiger partial charge >= 0.3 is 0 Å². The van der Waals surface area contributed by atoms with Crippen molar-refractivity contribution in [1.29, 1.82) is 0 Å². The monoisotopic (exact) mass is 408 g/mol. The Morgan fingerprint density at radius 1 is 1.03 bits per heavy atom. The lowest BCUT2D eigenvalue weighted by Gasteiger charge is -2.37. The van der Waals surface area contributed by atoms with Gasteiger partial charge < -0.3 is 14.4 Å². The Labute approximate surface area is 178 Å². The molecule has 160 valence electrons. The fourth-order valence-electron chi connectivity index (χ4n) is 4.85. The van der Waals surface area contributed by atoms with E-state index in [0.717, 1.165) is 42.1 Å². The number of hydrogen-bond acceptors (Lipinski definition) is 5. The molecule has 1 aliphatic heterocycles. The molecule has 1 aliphatic rings. The summed E-state index contributed by atoms with van der Waals surface area (Å²) in [5.41, 5.74) is 5.13. The molecular weight excluding hydrogens is 376 g/mol. The zero-order valence-corrected chi connectivity index (χ0v) is 18.9. The van der Waals surface area contributed by atoms with Crippen LogP contribution in [-0.4, -0.2) is 41.9 Å². The first-order chi connectivity index (χ1) is 14.4. The predicted octanol–water partition coefficient (Wildman–Crippen LogP) is 4.77. The second-order valence-electron chi connectivity index (χ2n) is 8.57. The molecule has 0 bridgehead atoms. The van der Waals surface area contributed by atoms with Crippen molar-refractivity contribution in [1.82, 2.24) is 14.6 Å². The summed E-state index contributed by atoms with van der Waals surface area (Å²) in [5.74, 6) is 3.95. The number of ether oxygens (including phenoxy) is 2. The van der Waals surface area contributed by atoms with E-state index in [4.69, 9.17) is 19.6 Å². The van der Waals surface area contributed by atoms with Crippen LogP contribution in [0.15, 0.2) is 24.3 Å². The smallest absolute Gasteiger partial charge is 0.161 e. The van der Waals surface area contributed by atoms with Crippen LogP contribution in [-0.2, 0) is 6.42 Å². The predicted molar refractivity (Wildman–Crippen MR) is 121 cm³/mol. The van der Waals surface area contributed by atoms with Gasteiger partial charge in [0.05, 0.1) is 19.9 Å². The minimum absolute atomic E-state index is 0.669. The van der Waals surface area contributed by atoms with Crippen molar-refractivity contribution in [2.75, 3.05) is 32.2 Å². The highest BCUT2D eigenvalue weighted by Crippen LogP contribution is 2.35. The molecule has 0 aliphatic carbocycles. The van der Waals surface area contributed by atoms with Gasteiger partial charge in [0, 0.05) is 36.0 Å². The van der Waals surface area contributed by atoms with E-state index >= 15 is 0 Å². The van der Waals surface area contributed by atoms with E-state index in [9.17, 15) is 0 Å². The Morgan fingerprint density at radius 2 is 1.73 bits per heavy atom. The first-order valence-corrected chi connectivity index (χ1v) is 10.8. The molecule has 0 radical (unpaired) electrons. The number of benzene rings is 1. The Morgan fingerprint density at radius 3 is 2.37 bits per heavy atom. The topological polar surface area (TPSA) is 51.9 Å². The number of methoxy groups -OCH3 is 2. The van der Waals surface area contributed by atoms with E-state index in [1.165, 1.54) is 17.8 Å². The van der Waals surface area contributed by atoms with Gasteiger partial charge in [0.25, 0.3) is 0 Å². The lowest BCUT2D eigenvalue weighted by Crippen LogP contribution is -2.40. The lowest BCUT2D eigenvalue weighted by molar-refractivity contribution is 0.353. The lowest BCUT2D eigenvalue weighted by atomic mass is 9.91. The van der Waals surface area contributed by atoms with Gasteiger partial charge in [-0.2, -0.15) is 9.61 Å². The van der Waals surface area contributed by atoms with Crippen LogP contribution in [0.4, 0.5) is 5.82 Å². The molecule has 2 atom stereocenters. The summed E-state index contributed by atoms with van der Waals surface area (Å²) in [6.07, 6.45) is 2.22. The van der Waals surface area contributed by atoms with Gasteiger partial charge in [0.2, 0.25) is 0 Å². The van der Waals surface area contributed by atoms with Crippen molar-refractivity contribution in [2.24, 2.45) is 11.8 Å². The summed E-state index contributed by atoms with van der Waals surface area (Å²) in [6, 6.07) is 7.97. The Kier molecular flexibility index (Phi) is 5.58. The number of anilines is 1. The second-order valence-corrected chi connectivity index (χ2v) is 8.57. The molecule has 0 spiro atoms. The molecular formula is C24H32N4O2. The highest BCUT2D eigenvalue weighted by molar-refractivity contribution is 5.69. The molecule has 6 heteroatoms. The van der Waals surface area contributed by atoms with Crippen molar-refractivity contribution in [3.05, 3.63) is 35.5 Å². The summed E-state index contributed by atoms with van der Waals surface area (Å²) in [6.45, 7) is 11.1. The van der Waals surface area contributed by atoms with Crippen molar-refractivity contribution in [3.8, 4) is 22.8 Å². The van der Waals surface area contributed by atoms with Crippen LogP contribution < -0.4 is 14.4 Å². The quantitative estimate of drug-likeness (QED) is 0.609. The van der Waals surface area contributed by atoms with E-state index < -0.39 is 0 Å². The van der Waals surface area contributed by atoms with Crippen molar-refractivity contribution in [2.45, 2.75) is 40.5 Å². The van der Waals surface area contributed by atoms with E-state index in [0.29, 0.717) is 23.3 Å². The number of rotatable bonds is 5. The van der Waals surface area contributed by atoms with Gasteiger partial charge in [-0.3, -0.25) is 0 Å². The minimum Gasteiger partial charge on any atom is -0.493 e. The Balaban J connectivity index is 1.87. The van der Waals surface area contributed by atoms with Crippen LogP contribution in [0.25, 0.3) is 16.9 Å². The number of fused-ring (bicyclic) bond motifs is 1. The number of piperidine rings is 1. The number of hydrogen-bond donors (Lipinski definition) is 0. The van der Waals surface area contributed by atoms with Crippen LogP contribution in [0.3, 0.4) is 0 Å². The SMILES string of the molecule is CCc1c(C)nc2cc(-c3ccc(OC)c(OC)c3)nn2c1N1C[C@H](C)C[C@H](C)C1. The summed E-state index contributed by atoms with van der Waals surface area (Å²) in [7, 11) is 3.30. The molecule has 3 heterocycles. The standard InChI is InChI=1S/C24H32N4O2/c1-7-19-17(4)25-23-12-20(18-8-9-21(29-5)22(11-18)30-6)26-28(23)24(19)27-13-15(2)10-16(3)14-27/h8-9,11-12,15-16H,7,10,13-14H2,1-6H3/t15-,16+. The van der Waals surface area contributed by atoms with Gasteiger partial charge in [0.15, 0.2) is 17.1 Å². The molecule has 0 N–H and O–H groups in total. The number of nitrogens with zero attached hydrogens (tertiary/aromatic N) is 4. The van der Waals surface area contributed by atoms with Crippen molar-refractivity contribution >= 4 is 11.5 Å². The third kappa shape index (κ3) is 3.59. The first kappa shape index (κ1) is 20.5. The summed E-state index contributed by atoms with van der Waals surface area (Å²) >= 11 is 0. The third-order valence-corrected chi connectivity index (χ3v) is 6.08. The molecule has 1 fully saturated rings. The third-order valence-electron chi connectivity index (χ3n) is 6.08. The van der Waals surface area contributed by atoms with Crippen LogP contribution in [0, 0.1) is 18.8 Å². The van der Waals surface area contributed by atoms with Gasteiger partial charge in [0.1, 0.15) is 5.82 Å². The molecule has 0 unspecified atom stereocenters. The van der Waals surface area contributed by atoms with E-state index in [1.807, 2.05) is 22.7 Å². The van der Waals surface area contributed by atoms with Crippen LogP contribution in [0.2, 0.25) is 0 Å². The van der Waals surface area contributed by atoms with Gasteiger partial charge in [-0.15, -0.1) is 0 Å². The van der Waals surface area contributed by atoms with E-state index in [-0.39, 0.29) is 0 Å². The fraction of sp³-hybridized carbons (Fsp3) is 0.500. The Hall–Kier alpha value is -2.76. The Bertz CT molecular complexity index is 1050. The summed E-state index contributed by atoms with van der Waals surface area (Å²) in [5, 5.41) is 5.00. The molecule has 0 saturated carbocycles. The van der Waals surface area contributed by atoms with E-state index in [2.05, 4.69) is 38.7 Å². The highest BCUT2D eigenvalue weighted by Gasteiger charge is 2.27. The summed E-state index contributed by atoms with van der Waals surface area (Å²) < 4.78 is 12.9. The molecule has 30 heavy (non-hydrogen) atoms. The van der Waals surface area contributed by atoms with E-state index in [1.54, 1.807) is 14.2 Å². The number of aryl methyl sites for hydroxylation is 1. The maximum Gasteiger partial charge on any atom is 0.161 e. The van der Waals surface area contributed by atoms with Gasteiger partial charge in [-0.1, -0.05) is 20.8 Å². The minimum atomic E-state index is 0.669. The molecule has 1 aromatic carbocycles. The fourth-order valence-corrected chi connectivity index (χ4v) is 4.85. The van der Waals surface area contributed by atoms with Crippen molar-refractivity contribution < 1.29 is 9.47 Å². The molecule has 0 amide bonds. The number of aromatic nitrogens is 3. The maximum atomic E-state index is 5.49. The average Bonchev–Trinajstić information content (AvgIpc) is 3.14. The second kappa shape index (κ2) is 8.17. The van der Waals surface area contributed by atoms with Gasteiger partial charge in [-0.05, 0) is 49.8 Å². The van der Waals surface area contributed by atoms with Crippen LogP contribution >= 0.6 is 0 Å². The maximum absolute atomic E-state index is 5.49. The molecule has 4 rings (SSSR count). The highest BCUT2D eigenvalue weighted by atomic mass is 16.5. The van der Waals surface area contributed by atoms with Crippen LogP contribution in [0.5, 0.6) is 11.5 Å².